The molecule has 0 saturated heterocycles. The van der Waals surface area contributed by atoms with Gasteiger partial charge in [-0.3, -0.25) is 0 Å². The van der Waals surface area contributed by atoms with E-state index in [-0.39, 0.29) is 12.6 Å². The van der Waals surface area contributed by atoms with Gasteiger partial charge in [0.2, 0.25) is 0 Å². The third-order valence-corrected chi connectivity index (χ3v) is 3.20. The largest absolute Gasteiger partial charge is 0.465 e. The molecule has 0 spiro atoms. The van der Waals surface area contributed by atoms with Crippen molar-refractivity contribution in [2.75, 3.05) is 7.11 Å². The standard InChI is InChI=1S/C18H18O4/c1-12-8-13(2)10-16(9-12)18(20)22-11-14-4-6-15(7-5-14)17(19)21-3/h4-10H,11H2,1-3H3. The molecule has 2 aromatic carbocycles. The molecule has 0 aliphatic rings. The number of esters is 2. The van der Waals surface area contributed by atoms with Crippen LogP contribution in [-0.2, 0) is 16.1 Å². The van der Waals surface area contributed by atoms with Gasteiger partial charge in [-0.2, -0.15) is 0 Å². The van der Waals surface area contributed by atoms with Crippen LogP contribution in [0.5, 0.6) is 0 Å². The summed E-state index contributed by atoms with van der Waals surface area (Å²) in [5, 5.41) is 0. The summed E-state index contributed by atoms with van der Waals surface area (Å²) in [5.74, 6) is -0.748. The second-order valence-electron chi connectivity index (χ2n) is 5.14. The molecule has 114 valence electrons. The lowest BCUT2D eigenvalue weighted by atomic mass is 10.1. The van der Waals surface area contributed by atoms with E-state index in [2.05, 4.69) is 4.74 Å². The van der Waals surface area contributed by atoms with Crippen molar-refractivity contribution < 1.29 is 19.1 Å². The summed E-state index contributed by atoms with van der Waals surface area (Å²) in [6, 6.07) is 12.4. The average molecular weight is 298 g/mol. The van der Waals surface area contributed by atoms with E-state index < -0.39 is 5.97 Å². The molecule has 4 nitrogen and oxygen atoms in total. The Labute approximate surface area is 129 Å². The second-order valence-corrected chi connectivity index (χ2v) is 5.14. The van der Waals surface area contributed by atoms with Gasteiger partial charge in [-0.25, -0.2) is 9.59 Å². The number of ether oxygens (including phenoxy) is 2. The third kappa shape index (κ3) is 3.95. The molecule has 0 aromatic heterocycles. The Balaban J connectivity index is 2.00. The lowest BCUT2D eigenvalue weighted by Crippen LogP contribution is -2.06. The number of carbonyl (C=O) groups excluding carboxylic acids is 2. The van der Waals surface area contributed by atoms with Gasteiger partial charge >= 0.3 is 11.9 Å². The molecule has 22 heavy (non-hydrogen) atoms. The fourth-order valence-corrected chi connectivity index (χ4v) is 2.18. The van der Waals surface area contributed by atoms with Crippen molar-refractivity contribution in [3.8, 4) is 0 Å². The molecule has 0 heterocycles. The van der Waals surface area contributed by atoms with Gasteiger partial charge in [0, 0.05) is 0 Å². The van der Waals surface area contributed by atoms with Crippen LogP contribution < -0.4 is 0 Å². The van der Waals surface area contributed by atoms with Crippen LogP contribution in [0, 0.1) is 13.8 Å². The molecular formula is C18H18O4. The van der Waals surface area contributed by atoms with Gasteiger partial charge in [0.1, 0.15) is 6.61 Å². The quantitative estimate of drug-likeness (QED) is 0.811. The van der Waals surface area contributed by atoms with Crippen LogP contribution in [0.2, 0.25) is 0 Å². The Morgan fingerprint density at radius 1 is 0.864 bits per heavy atom. The molecule has 0 aliphatic carbocycles. The molecule has 0 N–H and O–H groups in total. The van der Waals surface area contributed by atoms with Crippen LogP contribution in [0.15, 0.2) is 42.5 Å². The zero-order chi connectivity index (χ0) is 16.1. The number of aryl methyl sites for hydroxylation is 2. The number of rotatable bonds is 4. The van der Waals surface area contributed by atoms with E-state index in [9.17, 15) is 9.59 Å². The topological polar surface area (TPSA) is 52.6 Å². The Morgan fingerprint density at radius 3 is 2.00 bits per heavy atom. The summed E-state index contributed by atoms with van der Waals surface area (Å²) in [6.07, 6.45) is 0. The Kier molecular flexibility index (Phi) is 4.94. The minimum atomic E-state index is -0.390. The van der Waals surface area contributed by atoms with E-state index in [4.69, 9.17) is 4.74 Å². The van der Waals surface area contributed by atoms with Gasteiger partial charge in [0.25, 0.3) is 0 Å². The maximum absolute atomic E-state index is 12.0. The average Bonchev–Trinajstić information content (AvgIpc) is 2.51. The highest BCUT2D eigenvalue weighted by Gasteiger charge is 2.09. The Hall–Kier alpha value is -2.62. The molecule has 0 aliphatic heterocycles. The van der Waals surface area contributed by atoms with Crippen LogP contribution >= 0.6 is 0 Å². The fraction of sp³-hybridized carbons (Fsp3) is 0.222. The molecule has 0 saturated carbocycles. The van der Waals surface area contributed by atoms with Crippen LogP contribution in [0.3, 0.4) is 0 Å². The van der Waals surface area contributed by atoms with Crippen molar-refractivity contribution in [2.45, 2.75) is 20.5 Å². The van der Waals surface area contributed by atoms with Crippen molar-refractivity contribution >= 4 is 11.9 Å². The van der Waals surface area contributed by atoms with Gasteiger partial charge in [0.05, 0.1) is 18.2 Å². The maximum Gasteiger partial charge on any atom is 0.338 e. The molecule has 0 radical (unpaired) electrons. The van der Waals surface area contributed by atoms with E-state index >= 15 is 0 Å². The first kappa shape index (κ1) is 15.8. The van der Waals surface area contributed by atoms with E-state index in [1.165, 1.54) is 7.11 Å². The monoisotopic (exact) mass is 298 g/mol. The van der Waals surface area contributed by atoms with Crippen molar-refractivity contribution in [3.05, 3.63) is 70.3 Å². The lowest BCUT2D eigenvalue weighted by Gasteiger charge is -2.07. The number of benzene rings is 2. The Morgan fingerprint density at radius 2 is 1.45 bits per heavy atom. The van der Waals surface area contributed by atoms with Crippen molar-refractivity contribution in [3.63, 3.8) is 0 Å². The summed E-state index contributed by atoms with van der Waals surface area (Å²) >= 11 is 0. The summed E-state index contributed by atoms with van der Waals surface area (Å²) in [5.41, 5.74) is 3.87. The predicted molar refractivity (Wildman–Crippen MR) is 82.8 cm³/mol. The van der Waals surface area contributed by atoms with Gasteiger partial charge in [-0.05, 0) is 43.7 Å². The molecule has 0 unspecified atom stereocenters. The van der Waals surface area contributed by atoms with Gasteiger partial charge in [0.15, 0.2) is 0 Å². The first-order valence-electron chi connectivity index (χ1n) is 6.92. The summed E-state index contributed by atoms with van der Waals surface area (Å²) in [6.45, 7) is 4.04. The first-order valence-corrected chi connectivity index (χ1v) is 6.92. The van der Waals surface area contributed by atoms with Crippen LogP contribution in [-0.4, -0.2) is 19.0 Å². The van der Waals surface area contributed by atoms with Gasteiger partial charge in [-0.15, -0.1) is 0 Å². The highest BCUT2D eigenvalue weighted by atomic mass is 16.5. The maximum atomic E-state index is 12.0. The molecule has 2 aromatic rings. The van der Waals surface area contributed by atoms with Crippen molar-refractivity contribution in [2.24, 2.45) is 0 Å². The molecule has 0 atom stereocenters. The van der Waals surface area contributed by atoms with Gasteiger partial charge < -0.3 is 9.47 Å². The van der Waals surface area contributed by atoms with E-state index in [0.717, 1.165) is 16.7 Å². The van der Waals surface area contributed by atoms with Gasteiger partial charge in [-0.1, -0.05) is 29.3 Å². The lowest BCUT2D eigenvalue weighted by molar-refractivity contribution is 0.0471. The molecule has 2 rings (SSSR count). The molecule has 0 fully saturated rings. The SMILES string of the molecule is COC(=O)c1ccc(COC(=O)c2cc(C)cc(C)c2)cc1. The minimum Gasteiger partial charge on any atom is -0.465 e. The predicted octanol–water partition coefficient (Wildman–Crippen LogP) is 3.45. The van der Waals surface area contributed by atoms with Crippen LogP contribution in [0.25, 0.3) is 0 Å². The smallest absolute Gasteiger partial charge is 0.338 e. The van der Waals surface area contributed by atoms with Crippen LogP contribution in [0.4, 0.5) is 0 Å². The van der Waals surface area contributed by atoms with E-state index in [0.29, 0.717) is 11.1 Å². The zero-order valence-electron chi connectivity index (χ0n) is 12.9. The molecule has 4 heteroatoms. The molecular weight excluding hydrogens is 280 g/mol. The number of carbonyl (C=O) groups is 2. The normalized spacial score (nSPS) is 10.1. The third-order valence-electron chi connectivity index (χ3n) is 3.20. The highest BCUT2D eigenvalue weighted by Crippen LogP contribution is 2.12. The molecule has 0 bridgehead atoms. The summed E-state index contributed by atoms with van der Waals surface area (Å²) in [4.78, 5) is 23.4. The summed E-state index contributed by atoms with van der Waals surface area (Å²) < 4.78 is 9.93. The van der Waals surface area contributed by atoms with E-state index in [1.807, 2.05) is 19.9 Å². The minimum absolute atomic E-state index is 0.160. The van der Waals surface area contributed by atoms with Crippen molar-refractivity contribution in [1.29, 1.82) is 0 Å². The number of hydrogen-bond acceptors (Lipinski definition) is 4. The Bertz CT molecular complexity index is 666. The van der Waals surface area contributed by atoms with Crippen molar-refractivity contribution in [1.82, 2.24) is 0 Å². The zero-order valence-corrected chi connectivity index (χ0v) is 12.9. The first-order chi connectivity index (χ1) is 10.5. The highest BCUT2D eigenvalue weighted by molar-refractivity contribution is 5.90. The second kappa shape index (κ2) is 6.89. The fourth-order valence-electron chi connectivity index (χ4n) is 2.18. The van der Waals surface area contributed by atoms with Crippen LogP contribution in [0.1, 0.15) is 37.4 Å². The summed E-state index contributed by atoms with van der Waals surface area (Å²) in [7, 11) is 1.34. The molecule has 0 amide bonds. The number of methoxy groups -OCH3 is 1. The van der Waals surface area contributed by atoms with E-state index in [1.54, 1.807) is 36.4 Å². The number of hydrogen-bond donors (Lipinski definition) is 0.